The first-order valence-corrected chi connectivity index (χ1v) is 8.90. The van der Waals surface area contributed by atoms with E-state index in [2.05, 4.69) is 4.90 Å². The average molecular weight is 305 g/mol. The van der Waals surface area contributed by atoms with Crippen molar-refractivity contribution < 1.29 is 8.42 Å². The van der Waals surface area contributed by atoms with E-state index in [4.69, 9.17) is 18.0 Å². The maximum Gasteiger partial charge on any atom is 0.223 e. The molecular weight excluding hydrogens is 282 g/mol. The molecule has 2 rings (SSSR count). The van der Waals surface area contributed by atoms with Gasteiger partial charge in [0.15, 0.2) is 0 Å². The molecule has 2 saturated heterocycles. The first-order chi connectivity index (χ1) is 8.96. The van der Waals surface area contributed by atoms with Gasteiger partial charge in [0.25, 0.3) is 0 Å². The molecule has 2 unspecified atom stereocenters. The van der Waals surface area contributed by atoms with Crippen molar-refractivity contribution in [3.05, 3.63) is 0 Å². The SMILES string of the molecule is CCC(C(N)=S)S(=O)(=O)N1CCC(N2CCCC2)C1. The second-order valence-corrected chi connectivity index (χ2v) is 7.97. The van der Waals surface area contributed by atoms with E-state index in [0.717, 1.165) is 19.5 Å². The van der Waals surface area contributed by atoms with Crippen LogP contribution in [0, 0.1) is 0 Å². The third-order valence-electron chi connectivity index (χ3n) is 4.19. The smallest absolute Gasteiger partial charge is 0.223 e. The fourth-order valence-electron chi connectivity index (χ4n) is 3.09. The van der Waals surface area contributed by atoms with E-state index in [1.807, 2.05) is 6.92 Å². The van der Waals surface area contributed by atoms with Crippen LogP contribution in [0.25, 0.3) is 0 Å². The van der Waals surface area contributed by atoms with Crippen molar-refractivity contribution in [2.45, 2.75) is 43.9 Å². The molecule has 19 heavy (non-hydrogen) atoms. The number of hydrogen-bond donors (Lipinski definition) is 1. The number of likely N-dealkylation sites (tertiary alicyclic amines) is 1. The van der Waals surface area contributed by atoms with Gasteiger partial charge in [0.05, 0.1) is 4.99 Å². The minimum absolute atomic E-state index is 0.0899. The van der Waals surface area contributed by atoms with Gasteiger partial charge in [-0.25, -0.2) is 8.42 Å². The third-order valence-corrected chi connectivity index (χ3v) is 6.98. The molecule has 2 fully saturated rings. The van der Waals surface area contributed by atoms with Crippen LogP contribution < -0.4 is 5.73 Å². The molecule has 2 atom stereocenters. The fourth-order valence-corrected chi connectivity index (χ4v) is 5.43. The van der Waals surface area contributed by atoms with E-state index in [0.29, 0.717) is 25.6 Å². The molecule has 0 aromatic carbocycles. The van der Waals surface area contributed by atoms with Crippen molar-refractivity contribution in [2.75, 3.05) is 26.2 Å². The van der Waals surface area contributed by atoms with Crippen molar-refractivity contribution in [2.24, 2.45) is 5.73 Å². The van der Waals surface area contributed by atoms with Gasteiger partial charge in [-0.15, -0.1) is 0 Å². The highest BCUT2D eigenvalue weighted by Gasteiger charge is 2.39. The Bertz CT molecular complexity index is 432. The molecule has 110 valence electrons. The van der Waals surface area contributed by atoms with Gasteiger partial charge in [0, 0.05) is 19.1 Å². The maximum absolute atomic E-state index is 12.5. The van der Waals surface area contributed by atoms with Crippen molar-refractivity contribution in [3.63, 3.8) is 0 Å². The van der Waals surface area contributed by atoms with E-state index >= 15 is 0 Å². The lowest BCUT2D eigenvalue weighted by Crippen LogP contribution is -2.44. The highest BCUT2D eigenvalue weighted by molar-refractivity contribution is 7.92. The molecule has 0 aliphatic carbocycles. The summed E-state index contributed by atoms with van der Waals surface area (Å²) in [5.41, 5.74) is 5.57. The van der Waals surface area contributed by atoms with Crippen LogP contribution in [-0.2, 0) is 10.0 Å². The van der Waals surface area contributed by atoms with Crippen LogP contribution >= 0.6 is 12.2 Å². The van der Waals surface area contributed by atoms with E-state index in [-0.39, 0.29) is 4.99 Å². The van der Waals surface area contributed by atoms with Crippen molar-refractivity contribution >= 4 is 27.2 Å². The number of nitrogens with two attached hydrogens (primary N) is 1. The Morgan fingerprint density at radius 1 is 1.37 bits per heavy atom. The quantitative estimate of drug-likeness (QED) is 0.752. The van der Waals surface area contributed by atoms with E-state index in [1.54, 1.807) is 4.31 Å². The summed E-state index contributed by atoms with van der Waals surface area (Å²) in [5, 5.41) is -0.708. The second-order valence-electron chi connectivity index (χ2n) is 5.39. The molecular formula is C12H23N3O2S2. The summed E-state index contributed by atoms with van der Waals surface area (Å²) < 4.78 is 26.6. The molecule has 0 aromatic heterocycles. The molecule has 7 heteroatoms. The standard InChI is InChI=1S/C12H23N3O2S2/c1-2-11(12(13)18)19(16,17)15-8-5-10(9-15)14-6-3-4-7-14/h10-11H,2-9H2,1H3,(H2,13,18). The van der Waals surface area contributed by atoms with Crippen molar-refractivity contribution in [3.8, 4) is 0 Å². The lowest BCUT2D eigenvalue weighted by molar-refractivity contribution is 0.251. The molecule has 0 amide bonds. The van der Waals surface area contributed by atoms with Crippen LogP contribution in [0.15, 0.2) is 0 Å². The van der Waals surface area contributed by atoms with Gasteiger partial charge in [0.1, 0.15) is 5.25 Å². The summed E-state index contributed by atoms with van der Waals surface area (Å²) in [5.74, 6) is 0. The Hall–Kier alpha value is -0.240. The summed E-state index contributed by atoms with van der Waals surface area (Å²) >= 11 is 4.90. The molecule has 0 bridgehead atoms. The summed E-state index contributed by atoms with van der Waals surface area (Å²) in [6.07, 6.45) is 3.83. The Morgan fingerprint density at radius 2 is 2.00 bits per heavy atom. The summed E-state index contributed by atoms with van der Waals surface area (Å²) in [6, 6.07) is 0.376. The topological polar surface area (TPSA) is 66.6 Å². The molecule has 5 nitrogen and oxygen atoms in total. The van der Waals surface area contributed by atoms with Gasteiger partial charge in [0.2, 0.25) is 10.0 Å². The normalized spacial score (nSPS) is 27.7. The number of hydrogen-bond acceptors (Lipinski definition) is 4. The first kappa shape index (κ1) is 15.2. The van der Waals surface area contributed by atoms with Crippen LogP contribution in [0.1, 0.15) is 32.6 Å². The van der Waals surface area contributed by atoms with Crippen molar-refractivity contribution in [1.29, 1.82) is 0 Å². The molecule has 0 spiro atoms. The molecule has 2 aliphatic rings. The lowest BCUT2D eigenvalue weighted by atomic mass is 10.2. The van der Waals surface area contributed by atoms with E-state index in [1.165, 1.54) is 12.8 Å². The summed E-state index contributed by atoms with van der Waals surface area (Å²) in [6.45, 7) is 5.22. The zero-order chi connectivity index (χ0) is 14.0. The summed E-state index contributed by atoms with van der Waals surface area (Å²) in [7, 11) is -3.37. The minimum Gasteiger partial charge on any atom is -0.392 e. The zero-order valence-corrected chi connectivity index (χ0v) is 13.0. The highest BCUT2D eigenvalue weighted by atomic mass is 32.2. The molecule has 2 aliphatic heterocycles. The molecule has 0 saturated carbocycles. The Morgan fingerprint density at radius 3 is 2.53 bits per heavy atom. The number of nitrogens with zero attached hydrogens (tertiary/aromatic N) is 2. The van der Waals surface area contributed by atoms with Crippen LogP contribution in [0.3, 0.4) is 0 Å². The molecule has 2 N–H and O–H groups in total. The van der Waals surface area contributed by atoms with Crippen LogP contribution in [0.5, 0.6) is 0 Å². The number of rotatable bonds is 5. The van der Waals surface area contributed by atoms with Gasteiger partial charge < -0.3 is 5.73 Å². The third kappa shape index (κ3) is 3.09. The Kier molecular flexibility index (Phi) is 4.81. The first-order valence-electron chi connectivity index (χ1n) is 6.99. The van der Waals surface area contributed by atoms with E-state index in [9.17, 15) is 8.42 Å². The Labute approximate surface area is 121 Å². The Balaban J connectivity index is 2.04. The maximum atomic E-state index is 12.5. The van der Waals surface area contributed by atoms with Gasteiger partial charge >= 0.3 is 0 Å². The lowest BCUT2D eigenvalue weighted by Gasteiger charge is -2.25. The second kappa shape index (κ2) is 6.03. The zero-order valence-electron chi connectivity index (χ0n) is 11.4. The van der Waals surface area contributed by atoms with Crippen LogP contribution in [0.2, 0.25) is 0 Å². The van der Waals surface area contributed by atoms with Gasteiger partial charge in [-0.05, 0) is 38.8 Å². The molecule has 2 heterocycles. The van der Waals surface area contributed by atoms with Gasteiger partial charge in [-0.1, -0.05) is 19.1 Å². The van der Waals surface area contributed by atoms with Gasteiger partial charge in [-0.2, -0.15) is 4.31 Å². The van der Waals surface area contributed by atoms with E-state index < -0.39 is 15.3 Å². The highest BCUT2D eigenvalue weighted by Crippen LogP contribution is 2.24. The summed E-state index contributed by atoms with van der Waals surface area (Å²) in [4.78, 5) is 2.50. The molecule has 0 radical (unpaired) electrons. The predicted octanol–water partition coefficient (Wildman–Crippen LogP) is 0.551. The molecule has 0 aromatic rings. The number of thiocarbonyl (C=S) groups is 1. The minimum atomic E-state index is -3.37. The van der Waals surface area contributed by atoms with Crippen LogP contribution in [0.4, 0.5) is 0 Å². The largest absolute Gasteiger partial charge is 0.392 e. The van der Waals surface area contributed by atoms with Crippen molar-refractivity contribution in [1.82, 2.24) is 9.21 Å². The predicted molar refractivity (Wildman–Crippen MR) is 80.6 cm³/mol. The monoisotopic (exact) mass is 305 g/mol. The fraction of sp³-hybridized carbons (Fsp3) is 0.917. The van der Waals surface area contributed by atoms with Gasteiger partial charge in [-0.3, -0.25) is 4.90 Å². The number of sulfonamides is 1. The average Bonchev–Trinajstić information content (AvgIpc) is 3.00. The van der Waals surface area contributed by atoms with Crippen LogP contribution in [-0.4, -0.2) is 60.1 Å².